The van der Waals surface area contributed by atoms with E-state index in [-0.39, 0.29) is 6.10 Å². The molecule has 2 unspecified atom stereocenters. The fraction of sp³-hybridized carbons (Fsp3) is 0.381. The van der Waals surface area contributed by atoms with Gasteiger partial charge in [0.15, 0.2) is 0 Å². The third-order valence-corrected chi connectivity index (χ3v) is 5.62. The average Bonchev–Trinajstić information content (AvgIpc) is 2.66. The molecule has 130 valence electrons. The molecule has 3 atom stereocenters. The molecule has 2 N–H and O–H groups in total. The van der Waals surface area contributed by atoms with E-state index in [4.69, 9.17) is 4.74 Å². The Morgan fingerprint density at radius 1 is 1.04 bits per heavy atom. The second-order valence-electron chi connectivity index (χ2n) is 7.04. The van der Waals surface area contributed by atoms with Crippen LogP contribution in [0.15, 0.2) is 60.7 Å². The minimum atomic E-state index is -1.78. The second-order valence-corrected chi connectivity index (χ2v) is 7.04. The summed E-state index contributed by atoms with van der Waals surface area (Å²) >= 11 is 0. The summed E-state index contributed by atoms with van der Waals surface area (Å²) in [5.41, 5.74) is -0.708. The number of fused-ring (bicyclic) bond motifs is 1. The number of hydrogen-bond acceptors (Lipinski definition) is 4. The first kappa shape index (κ1) is 16.3. The molecular weight excluding hydrogens is 314 g/mol. The number of nitrogens with one attached hydrogen (secondary N) is 1. The first-order valence-electron chi connectivity index (χ1n) is 8.95. The summed E-state index contributed by atoms with van der Waals surface area (Å²) in [6.45, 7) is 1.97. The van der Waals surface area contributed by atoms with Gasteiger partial charge in [-0.05, 0) is 43.0 Å². The summed E-state index contributed by atoms with van der Waals surface area (Å²) in [4.78, 5) is 13.1. The van der Waals surface area contributed by atoms with Crippen LogP contribution in [-0.4, -0.2) is 30.3 Å². The lowest BCUT2D eigenvalue weighted by atomic mass is 9.67. The van der Waals surface area contributed by atoms with Crippen LogP contribution in [0.5, 0.6) is 0 Å². The van der Waals surface area contributed by atoms with E-state index in [2.05, 4.69) is 5.32 Å². The molecule has 2 aromatic carbocycles. The number of hydrogen-bond donors (Lipinski definition) is 2. The van der Waals surface area contributed by atoms with Gasteiger partial charge in [-0.15, -0.1) is 0 Å². The predicted molar refractivity (Wildman–Crippen MR) is 94.8 cm³/mol. The topological polar surface area (TPSA) is 58.6 Å². The highest BCUT2D eigenvalue weighted by Crippen LogP contribution is 2.42. The van der Waals surface area contributed by atoms with E-state index in [0.29, 0.717) is 23.0 Å². The highest BCUT2D eigenvalue weighted by atomic mass is 16.6. The fourth-order valence-electron chi connectivity index (χ4n) is 4.09. The Balaban J connectivity index is 1.61. The maximum atomic E-state index is 13.1. The van der Waals surface area contributed by atoms with Crippen molar-refractivity contribution in [2.24, 2.45) is 11.8 Å². The zero-order valence-electron chi connectivity index (χ0n) is 14.1. The average molecular weight is 337 g/mol. The van der Waals surface area contributed by atoms with Gasteiger partial charge in [0.05, 0.1) is 0 Å². The van der Waals surface area contributed by atoms with Crippen LogP contribution in [0, 0.1) is 11.8 Å². The van der Waals surface area contributed by atoms with Crippen LogP contribution >= 0.6 is 0 Å². The lowest BCUT2D eigenvalue weighted by Crippen LogP contribution is -2.54. The molecule has 0 amide bonds. The largest absolute Gasteiger partial charge is 0.459 e. The van der Waals surface area contributed by atoms with Gasteiger partial charge >= 0.3 is 5.97 Å². The summed E-state index contributed by atoms with van der Waals surface area (Å²) < 4.78 is 5.81. The number of carbonyl (C=O) groups excluding carboxylic acids is 1. The molecule has 0 radical (unpaired) electrons. The molecule has 0 spiro atoms. The van der Waals surface area contributed by atoms with E-state index in [1.54, 1.807) is 24.3 Å². The van der Waals surface area contributed by atoms with Crippen LogP contribution in [0.3, 0.4) is 0 Å². The minimum absolute atomic E-state index is 0.0847. The zero-order valence-corrected chi connectivity index (χ0v) is 14.1. The first-order valence-corrected chi connectivity index (χ1v) is 8.95. The minimum Gasteiger partial charge on any atom is -0.459 e. The van der Waals surface area contributed by atoms with Crippen molar-refractivity contribution in [3.05, 3.63) is 71.8 Å². The number of esters is 1. The van der Waals surface area contributed by atoms with E-state index in [1.807, 2.05) is 36.4 Å². The van der Waals surface area contributed by atoms with Crippen LogP contribution in [0.2, 0.25) is 0 Å². The number of aliphatic hydroxyl groups is 1. The van der Waals surface area contributed by atoms with Crippen LogP contribution in [0.4, 0.5) is 0 Å². The SMILES string of the molecule is O=C(O[C@H]1CC2CNCCC21)C(O)(c1ccccc1)c1ccccc1. The molecule has 1 aliphatic carbocycles. The van der Waals surface area contributed by atoms with Crippen LogP contribution in [0.25, 0.3) is 0 Å². The van der Waals surface area contributed by atoms with Crippen molar-refractivity contribution in [2.75, 3.05) is 13.1 Å². The Bertz CT molecular complexity index is 692. The number of benzene rings is 2. The lowest BCUT2D eigenvalue weighted by molar-refractivity contribution is -0.183. The van der Waals surface area contributed by atoms with Crippen molar-refractivity contribution in [1.29, 1.82) is 0 Å². The van der Waals surface area contributed by atoms with Gasteiger partial charge in [0.2, 0.25) is 5.60 Å². The van der Waals surface area contributed by atoms with Crippen LogP contribution in [0.1, 0.15) is 24.0 Å². The van der Waals surface area contributed by atoms with Gasteiger partial charge in [0.1, 0.15) is 6.10 Å². The molecular formula is C21H23NO3. The van der Waals surface area contributed by atoms with Gasteiger partial charge in [-0.2, -0.15) is 0 Å². The summed E-state index contributed by atoms with van der Waals surface area (Å²) in [5, 5.41) is 14.8. The van der Waals surface area contributed by atoms with E-state index < -0.39 is 11.6 Å². The molecule has 2 aromatic rings. The molecule has 4 nitrogen and oxygen atoms in total. The summed E-state index contributed by atoms with van der Waals surface area (Å²) in [6, 6.07) is 18.1. The van der Waals surface area contributed by atoms with Crippen molar-refractivity contribution in [1.82, 2.24) is 5.32 Å². The fourth-order valence-corrected chi connectivity index (χ4v) is 4.09. The first-order chi connectivity index (χ1) is 12.2. The van der Waals surface area contributed by atoms with Gasteiger partial charge in [-0.25, -0.2) is 4.79 Å². The molecule has 2 aliphatic rings. The van der Waals surface area contributed by atoms with E-state index in [1.165, 1.54) is 0 Å². The lowest BCUT2D eigenvalue weighted by Gasteiger charge is -2.47. The molecule has 0 aromatic heterocycles. The van der Waals surface area contributed by atoms with Gasteiger partial charge in [-0.3, -0.25) is 0 Å². The zero-order chi connectivity index (χ0) is 17.3. The number of carbonyl (C=O) groups is 1. The molecule has 1 saturated heterocycles. The van der Waals surface area contributed by atoms with E-state index in [9.17, 15) is 9.90 Å². The standard InChI is InChI=1S/C21H23NO3/c23-20(25-19-13-15-14-22-12-11-18(15)19)21(24,16-7-3-1-4-8-16)17-9-5-2-6-10-17/h1-10,15,18-19,22,24H,11-14H2/t15?,18?,19-/m0/s1. The van der Waals surface area contributed by atoms with Crippen molar-refractivity contribution in [3.63, 3.8) is 0 Å². The maximum Gasteiger partial charge on any atom is 0.347 e. The van der Waals surface area contributed by atoms with Crippen molar-refractivity contribution in [2.45, 2.75) is 24.5 Å². The van der Waals surface area contributed by atoms with E-state index >= 15 is 0 Å². The quantitative estimate of drug-likeness (QED) is 0.842. The van der Waals surface area contributed by atoms with Crippen molar-refractivity contribution >= 4 is 5.97 Å². The summed E-state index contributed by atoms with van der Waals surface area (Å²) in [7, 11) is 0. The highest BCUT2D eigenvalue weighted by molar-refractivity contribution is 5.85. The molecule has 4 heteroatoms. The molecule has 1 heterocycles. The Kier molecular flexibility index (Phi) is 4.32. The predicted octanol–water partition coefficient (Wildman–Crippen LogP) is 2.46. The van der Waals surface area contributed by atoms with Crippen molar-refractivity contribution < 1.29 is 14.6 Å². The molecule has 4 rings (SSSR count). The third-order valence-electron chi connectivity index (χ3n) is 5.62. The maximum absolute atomic E-state index is 13.1. The molecule has 1 saturated carbocycles. The summed E-state index contributed by atoms with van der Waals surface area (Å²) in [5.74, 6) is 0.431. The number of ether oxygens (including phenoxy) is 1. The molecule has 2 fully saturated rings. The van der Waals surface area contributed by atoms with E-state index in [0.717, 1.165) is 25.9 Å². The monoisotopic (exact) mass is 337 g/mol. The van der Waals surface area contributed by atoms with Crippen LogP contribution in [-0.2, 0) is 15.1 Å². The summed E-state index contributed by atoms with van der Waals surface area (Å²) in [6.07, 6.45) is 1.82. The highest BCUT2D eigenvalue weighted by Gasteiger charge is 2.48. The third kappa shape index (κ3) is 2.86. The Labute approximate surface area is 147 Å². The van der Waals surface area contributed by atoms with Gasteiger partial charge in [-0.1, -0.05) is 60.7 Å². The second kappa shape index (κ2) is 6.62. The van der Waals surface area contributed by atoms with Crippen LogP contribution < -0.4 is 5.32 Å². The molecule has 25 heavy (non-hydrogen) atoms. The Morgan fingerprint density at radius 2 is 1.64 bits per heavy atom. The Hall–Kier alpha value is -2.17. The van der Waals surface area contributed by atoms with Gasteiger partial charge in [0.25, 0.3) is 0 Å². The van der Waals surface area contributed by atoms with Crippen molar-refractivity contribution in [3.8, 4) is 0 Å². The van der Waals surface area contributed by atoms with Gasteiger partial charge < -0.3 is 15.2 Å². The Morgan fingerprint density at radius 3 is 2.20 bits per heavy atom. The van der Waals surface area contributed by atoms with Gasteiger partial charge in [0, 0.05) is 5.92 Å². The number of piperidine rings is 1. The molecule has 1 aliphatic heterocycles. The molecule has 0 bridgehead atoms. The smallest absolute Gasteiger partial charge is 0.347 e. The normalized spacial score (nSPS) is 25.6. The number of rotatable bonds is 4.